The Bertz CT molecular complexity index is 1030. The highest BCUT2D eigenvalue weighted by Crippen LogP contribution is 2.27. The van der Waals surface area contributed by atoms with Crippen molar-refractivity contribution in [2.75, 3.05) is 18.5 Å². The normalized spacial score (nSPS) is 10.8. The summed E-state index contributed by atoms with van der Waals surface area (Å²) in [6.07, 6.45) is 3.57. The third-order valence-corrected chi connectivity index (χ3v) is 5.01. The number of urea groups is 1. The standard InChI is InChI=1S/C23H25ClFN3O2/c1-3-5-12-28(23(29)27-17-10-11-21(25)20(24)13-17)15-16-14-26-22(30-4-2)19-9-7-6-8-18(16)19/h6-11,13-14H,3-5,12,15H2,1-2H3,(H,27,29). The molecule has 7 heteroatoms. The summed E-state index contributed by atoms with van der Waals surface area (Å²) < 4.78 is 19.1. The van der Waals surface area contributed by atoms with Gasteiger partial charge in [0.1, 0.15) is 5.82 Å². The van der Waals surface area contributed by atoms with Gasteiger partial charge in [0, 0.05) is 30.4 Å². The number of fused-ring (bicyclic) bond motifs is 1. The molecule has 1 N–H and O–H groups in total. The van der Waals surface area contributed by atoms with Crippen LogP contribution in [-0.4, -0.2) is 29.1 Å². The van der Waals surface area contributed by atoms with Gasteiger partial charge in [-0.3, -0.25) is 0 Å². The van der Waals surface area contributed by atoms with Crippen LogP contribution in [0.2, 0.25) is 5.02 Å². The predicted molar refractivity (Wildman–Crippen MR) is 119 cm³/mol. The van der Waals surface area contributed by atoms with Gasteiger partial charge in [0.2, 0.25) is 5.88 Å². The second-order valence-electron chi connectivity index (χ2n) is 6.90. The second kappa shape index (κ2) is 10.3. The van der Waals surface area contributed by atoms with Crippen LogP contribution < -0.4 is 10.1 Å². The summed E-state index contributed by atoms with van der Waals surface area (Å²) in [5.74, 6) is 0.0619. The highest BCUT2D eigenvalue weighted by atomic mass is 35.5. The number of hydrogen-bond donors (Lipinski definition) is 1. The van der Waals surface area contributed by atoms with Gasteiger partial charge in [-0.25, -0.2) is 14.2 Å². The van der Waals surface area contributed by atoms with E-state index < -0.39 is 5.82 Å². The van der Waals surface area contributed by atoms with E-state index in [-0.39, 0.29) is 11.1 Å². The average molecular weight is 430 g/mol. The predicted octanol–water partition coefficient (Wildman–Crippen LogP) is 6.26. The quantitative estimate of drug-likeness (QED) is 0.459. The molecule has 0 bridgehead atoms. The first-order valence-corrected chi connectivity index (χ1v) is 10.4. The maximum absolute atomic E-state index is 13.4. The number of anilines is 1. The molecule has 0 unspecified atom stereocenters. The van der Waals surface area contributed by atoms with Crippen LogP contribution in [0.1, 0.15) is 32.3 Å². The molecule has 0 saturated carbocycles. The number of nitrogens with zero attached hydrogens (tertiary/aromatic N) is 2. The van der Waals surface area contributed by atoms with E-state index in [4.69, 9.17) is 16.3 Å². The Balaban J connectivity index is 1.86. The first-order chi connectivity index (χ1) is 14.5. The SMILES string of the molecule is CCCCN(Cc1cnc(OCC)c2ccccc12)C(=O)Nc1ccc(F)c(Cl)c1. The summed E-state index contributed by atoms with van der Waals surface area (Å²) in [5.41, 5.74) is 1.38. The molecule has 30 heavy (non-hydrogen) atoms. The second-order valence-corrected chi connectivity index (χ2v) is 7.31. The number of halogens is 2. The van der Waals surface area contributed by atoms with Crippen molar-refractivity contribution >= 4 is 34.1 Å². The molecule has 0 spiro atoms. The van der Waals surface area contributed by atoms with Crippen LogP contribution in [0, 0.1) is 5.82 Å². The zero-order valence-corrected chi connectivity index (χ0v) is 17.9. The van der Waals surface area contributed by atoms with Crippen molar-refractivity contribution in [3.05, 3.63) is 65.1 Å². The highest BCUT2D eigenvalue weighted by molar-refractivity contribution is 6.31. The molecule has 2 amide bonds. The molecule has 2 aromatic carbocycles. The third-order valence-electron chi connectivity index (χ3n) is 4.72. The summed E-state index contributed by atoms with van der Waals surface area (Å²) in [7, 11) is 0. The molecule has 0 aliphatic rings. The number of nitrogens with one attached hydrogen (secondary N) is 1. The number of carbonyl (C=O) groups excluding carboxylic acids is 1. The van der Waals surface area contributed by atoms with Crippen molar-refractivity contribution < 1.29 is 13.9 Å². The number of ether oxygens (including phenoxy) is 1. The first-order valence-electron chi connectivity index (χ1n) is 10.0. The van der Waals surface area contributed by atoms with E-state index in [9.17, 15) is 9.18 Å². The van der Waals surface area contributed by atoms with Crippen LogP contribution in [0.15, 0.2) is 48.7 Å². The Morgan fingerprint density at radius 2 is 1.97 bits per heavy atom. The molecule has 5 nitrogen and oxygen atoms in total. The van der Waals surface area contributed by atoms with Crippen molar-refractivity contribution in [1.29, 1.82) is 0 Å². The van der Waals surface area contributed by atoms with E-state index in [1.165, 1.54) is 18.2 Å². The minimum Gasteiger partial charge on any atom is -0.478 e. The van der Waals surface area contributed by atoms with Gasteiger partial charge in [0.25, 0.3) is 0 Å². The van der Waals surface area contributed by atoms with Crippen molar-refractivity contribution in [2.24, 2.45) is 0 Å². The molecule has 3 rings (SSSR count). The van der Waals surface area contributed by atoms with Gasteiger partial charge in [-0.15, -0.1) is 0 Å². The largest absolute Gasteiger partial charge is 0.478 e. The van der Waals surface area contributed by atoms with Crippen molar-refractivity contribution in [3.63, 3.8) is 0 Å². The summed E-state index contributed by atoms with van der Waals surface area (Å²) in [5, 5.41) is 4.69. The average Bonchev–Trinajstić information content (AvgIpc) is 2.75. The van der Waals surface area contributed by atoms with Gasteiger partial charge in [0.15, 0.2) is 0 Å². The van der Waals surface area contributed by atoms with Gasteiger partial charge in [0.05, 0.1) is 11.6 Å². The fraction of sp³-hybridized carbons (Fsp3) is 0.304. The molecule has 1 heterocycles. The maximum atomic E-state index is 13.4. The Morgan fingerprint density at radius 3 is 2.67 bits per heavy atom. The summed E-state index contributed by atoms with van der Waals surface area (Å²) in [6, 6.07) is 11.7. The van der Waals surface area contributed by atoms with E-state index in [0.29, 0.717) is 31.3 Å². The molecule has 158 valence electrons. The fourth-order valence-electron chi connectivity index (χ4n) is 3.19. The number of amides is 2. The fourth-order valence-corrected chi connectivity index (χ4v) is 3.37. The monoisotopic (exact) mass is 429 g/mol. The topological polar surface area (TPSA) is 54.5 Å². The number of aromatic nitrogens is 1. The lowest BCUT2D eigenvalue weighted by Gasteiger charge is -2.24. The Morgan fingerprint density at radius 1 is 1.20 bits per heavy atom. The van der Waals surface area contributed by atoms with Crippen LogP contribution in [-0.2, 0) is 6.54 Å². The van der Waals surface area contributed by atoms with Crippen LogP contribution >= 0.6 is 11.6 Å². The lowest BCUT2D eigenvalue weighted by molar-refractivity contribution is 0.208. The van der Waals surface area contributed by atoms with Gasteiger partial charge in [-0.2, -0.15) is 0 Å². The van der Waals surface area contributed by atoms with Crippen LogP contribution in [0.3, 0.4) is 0 Å². The van der Waals surface area contributed by atoms with E-state index in [1.54, 1.807) is 11.1 Å². The minimum atomic E-state index is -0.524. The van der Waals surface area contributed by atoms with Gasteiger partial charge in [-0.1, -0.05) is 43.1 Å². The van der Waals surface area contributed by atoms with Gasteiger partial charge < -0.3 is 15.0 Å². The molecule has 0 radical (unpaired) electrons. The molecule has 0 fully saturated rings. The maximum Gasteiger partial charge on any atom is 0.322 e. The molecule has 0 atom stereocenters. The number of hydrogen-bond acceptors (Lipinski definition) is 3. The van der Waals surface area contributed by atoms with Gasteiger partial charge in [-0.05, 0) is 48.6 Å². The van der Waals surface area contributed by atoms with Gasteiger partial charge >= 0.3 is 6.03 Å². The van der Waals surface area contributed by atoms with Crippen LogP contribution in [0.4, 0.5) is 14.9 Å². The molecule has 1 aromatic heterocycles. The Kier molecular flexibility index (Phi) is 7.46. The van der Waals surface area contributed by atoms with E-state index >= 15 is 0 Å². The van der Waals surface area contributed by atoms with E-state index in [2.05, 4.69) is 17.2 Å². The summed E-state index contributed by atoms with van der Waals surface area (Å²) >= 11 is 5.84. The number of pyridine rings is 1. The van der Waals surface area contributed by atoms with Crippen LogP contribution in [0.25, 0.3) is 10.8 Å². The zero-order chi connectivity index (χ0) is 21.5. The molecule has 3 aromatic rings. The number of rotatable bonds is 8. The highest BCUT2D eigenvalue weighted by Gasteiger charge is 2.17. The van der Waals surface area contributed by atoms with Crippen molar-refractivity contribution in [1.82, 2.24) is 9.88 Å². The number of carbonyl (C=O) groups is 1. The Labute approximate surface area is 180 Å². The molecular formula is C23H25ClFN3O2. The lowest BCUT2D eigenvalue weighted by atomic mass is 10.1. The van der Waals surface area contributed by atoms with E-state index in [0.717, 1.165) is 29.2 Å². The minimum absolute atomic E-state index is 0.0328. The first kappa shape index (κ1) is 21.8. The summed E-state index contributed by atoms with van der Waals surface area (Å²) in [4.78, 5) is 19.1. The smallest absolute Gasteiger partial charge is 0.322 e. The third kappa shape index (κ3) is 5.19. The van der Waals surface area contributed by atoms with Crippen LogP contribution in [0.5, 0.6) is 5.88 Å². The lowest BCUT2D eigenvalue weighted by Crippen LogP contribution is -2.35. The number of unbranched alkanes of at least 4 members (excludes halogenated alkanes) is 1. The number of benzene rings is 2. The van der Waals surface area contributed by atoms with Crippen molar-refractivity contribution in [2.45, 2.75) is 33.2 Å². The van der Waals surface area contributed by atoms with E-state index in [1.807, 2.05) is 31.2 Å². The molecule has 0 aliphatic heterocycles. The molecule has 0 saturated heterocycles. The van der Waals surface area contributed by atoms with Crippen molar-refractivity contribution in [3.8, 4) is 5.88 Å². The zero-order valence-electron chi connectivity index (χ0n) is 17.1. The Hall–Kier alpha value is -2.86. The molecular weight excluding hydrogens is 405 g/mol. The molecule has 0 aliphatic carbocycles. The summed E-state index contributed by atoms with van der Waals surface area (Å²) in [6.45, 7) is 5.49.